The van der Waals surface area contributed by atoms with Crippen LogP contribution >= 0.6 is 0 Å². The number of nitrogens with zero attached hydrogens (tertiary/aromatic N) is 3. The smallest absolute Gasteiger partial charge is 0.257 e. The van der Waals surface area contributed by atoms with E-state index in [0.29, 0.717) is 6.61 Å². The van der Waals surface area contributed by atoms with Gasteiger partial charge in [-0.05, 0) is 37.3 Å². The van der Waals surface area contributed by atoms with Crippen LogP contribution < -0.4 is 9.64 Å². The highest BCUT2D eigenvalue weighted by Gasteiger charge is 2.34. The molecule has 5 heteroatoms. The third-order valence-corrected chi connectivity index (χ3v) is 5.03. The average Bonchev–Trinajstić information content (AvgIpc) is 3.17. The number of hydrogen-bond acceptors (Lipinski definition) is 3. The number of para-hydroxylation sites is 3. The number of rotatable bonds is 4. The second-order valence-electron chi connectivity index (χ2n) is 6.67. The van der Waals surface area contributed by atoms with Crippen molar-refractivity contribution in [2.24, 2.45) is 0 Å². The van der Waals surface area contributed by atoms with Crippen molar-refractivity contribution in [2.75, 3.05) is 25.6 Å². The number of carbonyl (C=O) groups excluding carboxylic acids is 1. The number of hydrogen-bond donors (Lipinski definition) is 0. The van der Waals surface area contributed by atoms with Crippen LogP contribution in [0, 0.1) is 0 Å². The summed E-state index contributed by atoms with van der Waals surface area (Å²) in [6.07, 6.45) is 3.92. The Kier molecular flexibility index (Phi) is 4.36. The van der Waals surface area contributed by atoms with Gasteiger partial charge in [0, 0.05) is 32.1 Å². The summed E-state index contributed by atoms with van der Waals surface area (Å²) in [5.41, 5.74) is 3.72. The van der Waals surface area contributed by atoms with E-state index in [9.17, 15) is 4.79 Å². The zero-order valence-electron chi connectivity index (χ0n) is 15.8. The minimum atomic E-state index is -0.159. The molecule has 1 aliphatic rings. The molecule has 0 radical (unpaired) electrons. The fourth-order valence-electron chi connectivity index (χ4n) is 3.77. The van der Waals surface area contributed by atoms with Gasteiger partial charge in [-0.2, -0.15) is 0 Å². The molecule has 5 nitrogen and oxygen atoms in total. The highest BCUT2D eigenvalue weighted by molar-refractivity contribution is 6.01. The molecular formula is C22H23N3O2. The second-order valence-corrected chi connectivity index (χ2v) is 6.67. The Morgan fingerprint density at radius 2 is 1.63 bits per heavy atom. The molecule has 138 valence electrons. The van der Waals surface area contributed by atoms with Crippen molar-refractivity contribution >= 4 is 11.6 Å². The van der Waals surface area contributed by atoms with Gasteiger partial charge in [-0.3, -0.25) is 4.79 Å². The normalized spacial score (nSPS) is 16.4. The van der Waals surface area contributed by atoms with Crippen molar-refractivity contribution in [1.29, 1.82) is 0 Å². The Bertz CT molecular complexity index is 979. The van der Waals surface area contributed by atoms with E-state index in [1.54, 1.807) is 4.90 Å². The van der Waals surface area contributed by atoms with Crippen molar-refractivity contribution in [2.45, 2.75) is 13.1 Å². The minimum absolute atomic E-state index is 0.0381. The lowest BCUT2D eigenvalue weighted by Gasteiger charge is -2.41. The van der Waals surface area contributed by atoms with E-state index in [2.05, 4.69) is 17.2 Å². The molecule has 0 spiro atoms. The van der Waals surface area contributed by atoms with Crippen LogP contribution in [0.1, 0.15) is 29.0 Å². The number of carbonyl (C=O) groups is 1. The molecule has 1 atom stereocenters. The predicted molar refractivity (Wildman–Crippen MR) is 107 cm³/mol. The molecule has 2 heterocycles. The number of ether oxygens (including phenoxy) is 1. The Labute approximate surface area is 159 Å². The molecule has 1 amide bonds. The highest BCUT2D eigenvalue weighted by atomic mass is 16.5. The molecule has 3 aromatic rings. The topological polar surface area (TPSA) is 37.7 Å². The van der Waals surface area contributed by atoms with Gasteiger partial charge < -0.3 is 19.1 Å². The summed E-state index contributed by atoms with van der Waals surface area (Å²) in [6, 6.07) is 17.8. The lowest BCUT2D eigenvalue weighted by atomic mass is 10.0. The molecule has 1 aromatic heterocycles. The summed E-state index contributed by atoms with van der Waals surface area (Å²) in [4.78, 5) is 16.8. The van der Waals surface area contributed by atoms with Crippen molar-refractivity contribution in [3.63, 3.8) is 0 Å². The van der Waals surface area contributed by atoms with Gasteiger partial charge in [0.2, 0.25) is 0 Å². The van der Waals surface area contributed by atoms with Gasteiger partial charge in [0.05, 0.1) is 23.5 Å². The van der Waals surface area contributed by atoms with Crippen LogP contribution in [0.4, 0.5) is 5.69 Å². The molecule has 0 saturated carbocycles. The van der Waals surface area contributed by atoms with Crippen LogP contribution in [-0.2, 0) is 0 Å². The van der Waals surface area contributed by atoms with E-state index < -0.39 is 0 Å². The Morgan fingerprint density at radius 3 is 2.41 bits per heavy atom. The molecule has 1 aliphatic heterocycles. The number of anilines is 1. The van der Waals surface area contributed by atoms with Crippen LogP contribution in [0.25, 0.3) is 5.69 Å². The van der Waals surface area contributed by atoms with Gasteiger partial charge >= 0.3 is 0 Å². The molecule has 0 bridgehead atoms. The first kappa shape index (κ1) is 17.2. The first-order valence-electron chi connectivity index (χ1n) is 9.11. The van der Waals surface area contributed by atoms with Crippen LogP contribution in [-0.4, -0.2) is 36.1 Å². The van der Waals surface area contributed by atoms with Gasteiger partial charge in [-0.15, -0.1) is 0 Å². The van der Waals surface area contributed by atoms with E-state index in [4.69, 9.17) is 4.74 Å². The fourth-order valence-corrected chi connectivity index (χ4v) is 3.77. The van der Waals surface area contributed by atoms with E-state index in [-0.39, 0.29) is 12.1 Å². The Hall–Kier alpha value is -3.21. The predicted octanol–water partition coefficient (Wildman–Crippen LogP) is 4.10. The number of amides is 1. The largest absolute Gasteiger partial charge is 0.492 e. The van der Waals surface area contributed by atoms with Gasteiger partial charge in [0.1, 0.15) is 11.9 Å². The van der Waals surface area contributed by atoms with Crippen LogP contribution in [0.5, 0.6) is 5.75 Å². The number of fused-ring (bicyclic) bond motifs is 1. The Morgan fingerprint density at radius 1 is 0.926 bits per heavy atom. The van der Waals surface area contributed by atoms with Crippen LogP contribution in [0.15, 0.2) is 67.0 Å². The van der Waals surface area contributed by atoms with E-state index in [1.807, 2.05) is 80.3 Å². The van der Waals surface area contributed by atoms with E-state index in [0.717, 1.165) is 28.3 Å². The number of aromatic nitrogens is 1. The van der Waals surface area contributed by atoms with Crippen molar-refractivity contribution in [3.05, 3.63) is 78.1 Å². The maximum atomic E-state index is 12.8. The van der Waals surface area contributed by atoms with Crippen molar-refractivity contribution < 1.29 is 9.53 Å². The highest BCUT2D eigenvalue weighted by Crippen LogP contribution is 2.37. The van der Waals surface area contributed by atoms with Crippen LogP contribution in [0.3, 0.4) is 0 Å². The monoisotopic (exact) mass is 361 g/mol. The van der Waals surface area contributed by atoms with Gasteiger partial charge in [-0.25, -0.2) is 0 Å². The van der Waals surface area contributed by atoms with Gasteiger partial charge in [0.25, 0.3) is 5.91 Å². The minimum Gasteiger partial charge on any atom is -0.492 e. The zero-order chi connectivity index (χ0) is 19.0. The van der Waals surface area contributed by atoms with Crippen LogP contribution in [0.2, 0.25) is 0 Å². The quantitative estimate of drug-likeness (QED) is 0.702. The molecule has 0 aliphatic carbocycles. The maximum Gasteiger partial charge on any atom is 0.257 e. The molecular weight excluding hydrogens is 338 g/mol. The third-order valence-electron chi connectivity index (χ3n) is 5.03. The Balaban J connectivity index is 1.73. The molecule has 0 fully saturated rings. The summed E-state index contributed by atoms with van der Waals surface area (Å²) in [6.45, 7) is 2.59. The lowest BCUT2D eigenvalue weighted by molar-refractivity contribution is 0.0711. The van der Waals surface area contributed by atoms with Gasteiger partial charge in [-0.1, -0.05) is 24.3 Å². The maximum absolute atomic E-state index is 12.8. The van der Waals surface area contributed by atoms with Gasteiger partial charge in [0.15, 0.2) is 0 Å². The summed E-state index contributed by atoms with van der Waals surface area (Å²) in [7, 11) is 3.88. The van der Waals surface area contributed by atoms with Crippen molar-refractivity contribution in [3.8, 4) is 11.4 Å². The molecule has 2 aromatic carbocycles. The fraction of sp³-hybridized carbons (Fsp3) is 0.227. The molecule has 1 unspecified atom stereocenters. The summed E-state index contributed by atoms with van der Waals surface area (Å²) < 4.78 is 7.80. The number of benzene rings is 2. The van der Waals surface area contributed by atoms with Crippen molar-refractivity contribution in [1.82, 2.24) is 9.47 Å². The van der Waals surface area contributed by atoms with E-state index in [1.165, 1.54) is 0 Å². The first-order chi connectivity index (χ1) is 13.1. The van der Waals surface area contributed by atoms with E-state index >= 15 is 0 Å². The standard InChI is InChI=1S/C22H23N3O2/c1-4-27-20-12-8-7-11-19(20)25-14-13-16(15-25)21-23(2)18-10-6-5-9-17(18)22(26)24(21)3/h5-15,21H,4H2,1-3H3. The molecule has 4 rings (SSSR count). The first-order valence-corrected chi connectivity index (χ1v) is 9.11. The third kappa shape index (κ3) is 2.85. The zero-order valence-corrected chi connectivity index (χ0v) is 15.8. The average molecular weight is 361 g/mol. The SMILES string of the molecule is CCOc1ccccc1-n1ccc(C2N(C)C(=O)c3ccccc3N2C)c1. The molecule has 27 heavy (non-hydrogen) atoms. The summed E-state index contributed by atoms with van der Waals surface area (Å²) >= 11 is 0. The molecule has 0 saturated heterocycles. The lowest BCUT2D eigenvalue weighted by Crippen LogP contribution is -2.45. The summed E-state index contributed by atoms with van der Waals surface area (Å²) in [5.74, 6) is 0.880. The second kappa shape index (κ2) is 6.83. The molecule has 0 N–H and O–H groups in total. The summed E-state index contributed by atoms with van der Waals surface area (Å²) in [5, 5.41) is 0.